The number of hydrogen-bond acceptors (Lipinski definition) is 0. The predicted octanol–water partition coefficient (Wildman–Crippen LogP) is 3.24. The highest BCUT2D eigenvalue weighted by Crippen LogP contribution is 2.62. The quantitative estimate of drug-likeness (QED) is 0.465. The van der Waals surface area contributed by atoms with Crippen molar-refractivity contribution in [3.05, 3.63) is 12.2 Å². The molecule has 0 amide bonds. The molecule has 0 N–H and O–H groups in total. The summed E-state index contributed by atoms with van der Waals surface area (Å²) in [6.45, 7) is 9.56. The molecule has 1 saturated carbocycles. The van der Waals surface area contributed by atoms with Crippen molar-refractivity contribution in [2.45, 2.75) is 34.1 Å². The van der Waals surface area contributed by atoms with Crippen LogP contribution in [0.5, 0.6) is 0 Å². The highest BCUT2D eigenvalue weighted by atomic mass is 14.6. The van der Waals surface area contributed by atoms with E-state index in [-0.39, 0.29) is 0 Å². The summed E-state index contributed by atoms with van der Waals surface area (Å²) in [4.78, 5) is 0. The average molecular weight is 150 g/mol. The van der Waals surface area contributed by atoms with E-state index < -0.39 is 0 Å². The molecule has 0 unspecified atom stereocenters. The molecule has 0 saturated heterocycles. The van der Waals surface area contributed by atoms with Gasteiger partial charge in [0.15, 0.2) is 0 Å². The zero-order chi connectivity index (χ0) is 8.28. The van der Waals surface area contributed by atoms with Gasteiger partial charge in [0, 0.05) is 0 Å². The van der Waals surface area contributed by atoms with Crippen LogP contribution < -0.4 is 0 Å². The number of rotatable bonds is 0. The Morgan fingerprint density at radius 2 is 1.82 bits per heavy atom. The van der Waals surface area contributed by atoms with Crippen LogP contribution in [0.1, 0.15) is 34.1 Å². The van der Waals surface area contributed by atoms with Gasteiger partial charge in [0.05, 0.1) is 0 Å². The zero-order valence-corrected chi connectivity index (χ0v) is 8.02. The van der Waals surface area contributed by atoms with Gasteiger partial charge < -0.3 is 0 Å². The molecule has 0 aromatic heterocycles. The molecule has 3 rings (SSSR count). The predicted molar refractivity (Wildman–Crippen MR) is 48.3 cm³/mol. The lowest BCUT2D eigenvalue weighted by molar-refractivity contribution is -0.0638. The van der Waals surface area contributed by atoms with Gasteiger partial charge in [0.1, 0.15) is 0 Å². The van der Waals surface area contributed by atoms with Crippen LogP contribution in [-0.2, 0) is 0 Å². The Kier molecular flexibility index (Phi) is 1.16. The fourth-order valence-electron chi connectivity index (χ4n) is 3.03. The van der Waals surface area contributed by atoms with Gasteiger partial charge in [-0.25, -0.2) is 0 Å². The molecule has 0 aliphatic heterocycles. The number of allylic oxidation sites excluding steroid dienone is 2. The van der Waals surface area contributed by atoms with E-state index >= 15 is 0 Å². The Morgan fingerprint density at radius 3 is 2.09 bits per heavy atom. The Bertz CT molecular complexity index is 208. The van der Waals surface area contributed by atoms with Crippen molar-refractivity contribution in [2.24, 2.45) is 22.7 Å². The Balaban J connectivity index is 2.36. The highest BCUT2D eigenvalue weighted by Gasteiger charge is 2.54. The second-order valence-corrected chi connectivity index (χ2v) is 5.40. The fraction of sp³-hybridized carbons (Fsp3) is 0.818. The zero-order valence-electron chi connectivity index (χ0n) is 8.02. The first kappa shape index (κ1) is 7.39. The smallest absolute Gasteiger partial charge is 0.0141 e. The molecule has 3 aliphatic rings. The van der Waals surface area contributed by atoms with Gasteiger partial charge in [-0.05, 0) is 29.1 Å². The van der Waals surface area contributed by atoms with Crippen LogP contribution in [0.3, 0.4) is 0 Å². The maximum atomic E-state index is 2.43. The van der Waals surface area contributed by atoms with Crippen LogP contribution in [-0.4, -0.2) is 0 Å². The molecule has 0 heteroatoms. The van der Waals surface area contributed by atoms with E-state index in [1.807, 2.05) is 0 Å². The SMILES string of the molecule is CC1(C)C=C[C@H]2C[C@@H]1C2(C)C. The van der Waals surface area contributed by atoms with E-state index in [1.165, 1.54) is 6.42 Å². The number of hydrogen-bond donors (Lipinski definition) is 0. The Labute approximate surface area is 69.7 Å². The second kappa shape index (κ2) is 1.73. The van der Waals surface area contributed by atoms with Gasteiger partial charge in [-0.3, -0.25) is 0 Å². The molecule has 0 heterocycles. The molecule has 1 fully saturated rings. The van der Waals surface area contributed by atoms with E-state index in [2.05, 4.69) is 39.8 Å². The highest BCUT2D eigenvalue weighted by molar-refractivity contribution is 5.20. The van der Waals surface area contributed by atoms with Crippen molar-refractivity contribution >= 4 is 0 Å². The molecular weight excluding hydrogens is 132 g/mol. The summed E-state index contributed by atoms with van der Waals surface area (Å²) >= 11 is 0. The minimum atomic E-state index is 0.457. The lowest BCUT2D eigenvalue weighted by Crippen LogP contribution is -2.53. The van der Waals surface area contributed by atoms with Gasteiger partial charge in [-0.2, -0.15) is 0 Å². The van der Waals surface area contributed by atoms with Gasteiger partial charge in [0.2, 0.25) is 0 Å². The van der Waals surface area contributed by atoms with Crippen LogP contribution in [0.25, 0.3) is 0 Å². The van der Waals surface area contributed by atoms with Crippen molar-refractivity contribution in [1.29, 1.82) is 0 Å². The summed E-state index contributed by atoms with van der Waals surface area (Å²) in [6.07, 6.45) is 6.27. The Morgan fingerprint density at radius 1 is 1.18 bits per heavy atom. The van der Waals surface area contributed by atoms with Gasteiger partial charge >= 0.3 is 0 Å². The van der Waals surface area contributed by atoms with Crippen LogP contribution >= 0.6 is 0 Å². The molecule has 11 heavy (non-hydrogen) atoms. The van der Waals surface area contributed by atoms with Crippen LogP contribution in [0.15, 0.2) is 12.2 Å². The van der Waals surface area contributed by atoms with E-state index in [9.17, 15) is 0 Å². The first-order valence-corrected chi connectivity index (χ1v) is 4.64. The van der Waals surface area contributed by atoms with Gasteiger partial charge in [0.25, 0.3) is 0 Å². The standard InChI is InChI=1S/C11H18/c1-10(2)6-5-8-7-9(10)11(8,3)4/h5-6,8-9H,7H2,1-4H3/t8-,9-/m0/s1. The molecule has 0 nitrogen and oxygen atoms in total. The van der Waals surface area contributed by atoms with Gasteiger partial charge in [-0.1, -0.05) is 39.8 Å². The van der Waals surface area contributed by atoms with E-state index in [0.29, 0.717) is 10.8 Å². The van der Waals surface area contributed by atoms with Gasteiger partial charge in [-0.15, -0.1) is 0 Å². The molecular formula is C11H18. The summed E-state index contributed by atoms with van der Waals surface area (Å²) < 4.78 is 0. The lowest BCUT2D eigenvalue weighted by Gasteiger charge is -2.60. The third kappa shape index (κ3) is 0.758. The van der Waals surface area contributed by atoms with Crippen molar-refractivity contribution < 1.29 is 0 Å². The molecule has 2 atom stereocenters. The summed E-state index contributed by atoms with van der Waals surface area (Å²) in [6, 6.07) is 0. The maximum Gasteiger partial charge on any atom is -0.0141 e. The third-order valence-electron chi connectivity index (χ3n) is 4.00. The summed E-state index contributed by atoms with van der Waals surface area (Å²) in [5.41, 5.74) is 1.04. The normalized spacial score (nSPS) is 43.3. The summed E-state index contributed by atoms with van der Waals surface area (Å²) in [5.74, 6) is 1.80. The van der Waals surface area contributed by atoms with Crippen molar-refractivity contribution in [2.75, 3.05) is 0 Å². The minimum absolute atomic E-state index is 0.457. The number of fused-ring (bicyclic) bond motifs is 1. The largest absolute Gasteiger partial charge is 0.0843 e. The van der Waals surface area contributed by atoms with Crippen LogP contribution in [0.2, 0.25) is 0 Å². The first-order valence-electron chi connectivity index (χ1n) is 4.64. The maximum absolute atomic E-state index is 2.43. The average Bonchev–Trinajstić information content (AvgIpc) is 1.84. The lowest BCUT2D eigenvalue weighted by atomic mass is 9.44. The van der Waals surface area contributed by atoms with Crippen LogP contribution in [0.4, 0.5) is 0 Å². The molecule has 3 aliphatic carbocycles. The molecule has 62 valence electrons. The van der Waals surface area contributed by atoms with Crippen molar-refractivity contribution in [3.63, 3.8) is 0 Å². The van der Waals surface area contributed by atoms with E-state index in [4.69, 9.17) is 0 Å². The minimum Gasteiger partial charge on any atom is -0.0843 e. The fourth-order valence-corrected chi connectivity index (χ4v) is 3.03. The monoisotopic (exact) mass is 150 g/mol. The van der Waals surface area contributed by atoms with Crippen molar-refractivity contribution in [3.8, 4) is 0 Å². The van der Waals surface area contributed by atoms with E-state index in [1.54, 1.807) is 0 Å². The summed E-state index contributed by atoms with van der Waals surface area (Å²) in [5, 5.41) is 0. The molecule has 2 bridgehead atoms. The Hall–Kier alpha value is -0.260. The van der Waals surface area contributed by atoms with Crippen LogP contribution in [0, 0.1) is 22.7 Å². The second-order valence-electron chi connectivity index (χ2n) is 5.40. The summed E-state index contributed by atoms with van der Waals surface area (Å²) in [7, 11) is 0. The third-order valence-corrected chi connectivity index (χ3v) is 4.00. The topological polar surface area (TPSA) is 0 Å². The molecule has 0 aromatic carbocycles. The van der Waals surface area contributed by atoms with E-state index in [0.717, 1.165) is 11.8 Å². The molecule has 0 radical (unpaired) electrons. The molecule has 0 aromatic rings. The first-order chi connectivity index (χ1) is 4.94. The molecule has 0 spiro atoms. The van der Waals surface area contributed by atoms with Crippen molar-refractivity contribution in [1.82, 2.24) is 0 Å².